The number of ether oxygens (including phenoxy) is 1. The second-order valence-corrected chi connectivity index (χ2v) is 6.33. The van der Waals surface area contributed by atoms with Gasteiger partial charge in [-0.15, -0.1) is 0 Å². The van der Waals surface area contributed by atoms with Crippen LogP contribution < -0.4 is 10.5 Å². The predicted octanol–water partition coefficient (Wildman–Crippen LogP) is 0.112. The van der Waals surface area contributed by atoms with E-state index in [9.17, 15) is 26.8 Å². The molecule has 0 saturated heterocycles. The molecule has 0 spiro atoms. The molecule has 0 amide bonds. The Bertz CT molecular complexity index is 851. The number of nitrogens with two attached hydrogens (primary N) is 1. The number of nitrogens with zero attached hydrogens (tertiary/aromatic N) is 1. The molecule has 0 aliphatic rings. The largest absolute Gasteiger partial charge is 0.456 e. The lowest BCUT2D eigenvalue weighted by Gasteiger charge is -2.08. The summed E-state index contributed by atoms with van der Waals surface area (Å²) in [6.45, 7) is -0.516. The van der Waals surface area contributed by atoms with Gasteiger partial charge in [-0.25, -0.2) is 17.2 Å². The summed E-state index contributed by atoms with van der Waals surface area (Å²) in [6.07, 6.45) is 0. The summed E-state index contributed by atoms with van der Waals surface area (Å²) in [5, 5.41) is 8.71. The number of nitrogens with one attached hydrogen (secondary N) is 1. The van der Waals surface area contributed by atoms with Crippen molar-refractivity contribution in [2.45, 2.75) is 11.8 Å². The SMILES string of the molecule is CC(N)=C(C#N)C(=O)COC(=O)CNS(=O)(=O)c1c(F)cccc1F. The molecule has 1 aromatic carbocycles. The molecule has 134 valence electrons. The Labute approximate surface area is 141 Å². The molecule has 11 heteroatoms. The van der Waals surface area contributed by atoms with Crippen molar-refractivity contribution in [1.82, 2.24) is 4.72 Å². The van der Waals surface area contributed by atoms with E-state index in [1.165, 1.54) is 13.0 Å². The third-order valence-electron chi connectivity index (χ3n) is 2.74. The van der Waals surface area contributed by atoms with Crippen LogP contribution in [0.4, 0.5) is 8.78 Å². The van der Waals surface area contributed by atoms with Crippen LogP contribution in [0.2, 0.25) is 0 Å². The van der Waals surface area contributed by atoms with Crippen molar-refractivity contribution in [3.63, 3.8) is 0 Å². The number of hydrogen-bond donors (Lipinski definition) is 2. The minimum Gasteiger partial charge on any atom is -0.456 e. The van der Waals surface area contributed by atoms with Gasteiger partial charge < -0.3 is 10.5 Å². The molecule has 0 bridgehead atoms. The second kappa shape index (κ2) is 8.32. The Morgan fingerprint density at radius 3 is 2.36 bits per heavy atom. The Balaban J connectivity index is 2.70. The van der Waals surface area contributed by atoms with Gasteiger partial charge in [0.25, 0.3) is 0 Å². The maximum absolute atomic E-state index is 13.5. The van der Waals surface area contributed by atoms with Crippen molar-refractivity contribution in [1.29, 1.82) is 5.26 Å². The number of halogens is 2. The minimum absolute atomic E-state index is 0.0701. The number of sulfonamides is 1. The van der Waals surface area contributed by atoms with Crippen molar-refractivity contribution in [3.8, 4) is 6.07 Å². The van der Waals surface area contributed by atoms with E-state index in [2.05, 4.69) is 4.74 Å². The number of carbonyl (C=O) groups excluding carboxylic acids is 2. The Hall–Kier alpha value is -2.84. The monoisotopic (exact) mass is 373 g/mol. The van der Waals surface area contributed by atoms with E-state index in [0.29, 0.717) is 0 Å². The number of carbonyl (C=O) groups is 2. The standard InChI is InChI=1S/C14H13F2N3O5S/c1-8(18)9(5-17)12(20)7-24-13(21)6-19-25(22,23)14-10(15)3-2-4-11(14)16/h2-4,19H,6-7,18H2,1H3. The number of esters is 1. The molecule has 8 nitrogen and oxygen atoms in total. The zero-order valence-corrected chi connectivity index (χ0v) is 13.7. The van der Waals surface area contributed by atoms with Crippen molar-refractivity contribution < 1.29 is 31.5 Å². The molecule has 1 rings (SSSR count). The zero-order chi connectivity index (χ0) is 19.2. The molecule has 3 N–H and O–H groups in total. The summed E-state index contributed by atoms with van der Waals surface area (Å²) in [6, 6.07) is 3.98. The van der Waals surface area contributed by atoms with E-state index in [0.717, 1.165) is 18.2 Å². The first kappa shape index (κ1) is 20.2. The molecule has 1 aromatic rings. The highest BCUT2D eigenvalue weighted by Gasteiger charge is 2.24. The van der Waals surface area contributed by atoms with Crippen LogP contribution in [0.15, 0.2) is 34.4 Å². The van der Waals surface area contributed by atoms with E-state index in [-0.39, 0.29) is 5.70 Å². The van der Waals surface area contributed by atoms with Gasteiger partial charge in [-0.3, -0.25) is 9.59 Å². The summed E-state index contributed by atoms with van der Waals surface area (Å²) < 4.78 is 56.7. The van der Waals surface area contributed by atoms with Crippen LogP contribution in [0.3, 0.4) is 0 Å². The van der Waals surface area contributed by atoms with Crippen LogP contribution >= 0.6 is 0 Å². The molecule has 0 aromatic heterocycles. The molecule has 0 fully saturated rings. The van der Waals surface area contributed by atoms with Gasteiger partial charge in [-0.05, 0) is 19.1 Å². The van der Waals surface area contributed by atoms with E-state index in [1.807, 2.05) is 0 Å². The van der Waals surface area contributed by atoms with Crippen LogP contribution in [0, 0.1) is 23.0 Å². The highest BCUT2D eigenvalue weighted by atomic mass is 32.2. The lowest BCUT2D eigenvalue weighted by atomic mass is 10.1. The van der Waals surface area contributed by atoms with Gasteiger partial charge in [-0.1, -0.05) is 6.07 Å². The second-order valence-electron chi connectivity index (χ2n) is 4.63. The van der Waals surface area contributed by atoms with Crippen LogP contribution in [-0.4, -0.2) is 33.3 Å². The molecule has 0 saturated carbocycles. The Morgan fingerprint density at radius 2 is 1.88 bits per heavy atom. The van der Waals surface area contributed by atoms with Crippen LogP contribution in [0.5, 0.6) is 0 Å². The van der Waals surface area contributed by atoms with Gasteiger partial charge in [0.05, 0.1) is 0 Å². The maximum Gasteiger partial charge on any atom is 0.321 e. The summed E-state index contributed by atoms with van der Waals surface area (Å²) in [4.78, 5) is 21.8. The number of rotatable bonds is 7. The molecule has 0 heterocycles. The quantitative estimate of drug-likeness (QED) is 0.393. The van der Waals surface area contributed by atoms with E-state index < -0.39 is 57.0 Å². The van der Waals surface area contributed by atoms with Gasteiger partial charge >= 0.3 is 5.97 Å². The van der Waals surface area contributed by atoms with Crippen molar-refractivity contribution in [2.24, 2.45) is 5.73 Å². The van der Waals surface area contributed by atoms with Gasteiger partial charge in [0.2, 0.25) is 15.8 Å². The van der Waals surface area contributed by atoms with E-state index >= 15 is 0 Å². The van der Waals surface area contributed by atoms with Crippen molar-refractivity contribution in [2.75, 3.05) is 13.2 Å². The van der Waals surface area contributed by atoms with Crippen molar-refractivity contribution in [3.05, 3.63) is 41.1 Å². The molecule has 25 heavy (non-hydrogen) atoms. The van der Waals surface area contributed by atoms with Gasteiger partial charge in [0.1, 0.15) is 29.8 Å². The smallest absolute Gasteiger partial charge is 0.321 e. The molecular weight excluding hydrogens is 360 g/mol. The van der Waals surface area contributed by atoms with Crippen LogP contribution in [-0.2, 0) is 24.3 Å². The molecule has 0 atom stereocenters. The van der Waals surface area contributed by atoms with Crippen molar-refractivity contribution >= 4 is 21.8 Å². The fourth-order valence-corrected chi connectivity index (χ4v) is 2.71. The number of ketones is 1. The number of nitriles is 1. The third kappa shape index (κ3) is 5.33. The first-order valence-electron chi connectivity index (χ1n) is 6.59. The average Bonchev–Trinajstić information content (AvgIpc) is 2.51. The summed E-state index contributed by atoms with van der Waals surface area (Å²) >= 11 is 0. The molecule has 0 radical (unpaired) electrons. The Morgan fingerprint density at radius 1 is 1.32 bits per heavy atom. The zero-order valence-electron chi connectivity index (χ0n) is 12.9. The summed E-state index contributed by atoms with van der Waals surface area (Å²) in [5.74, 6) is -4.74. The van der Waals surface area contributed by atoms with Gasteiger partial charge in [-0.2, -0.15) is 9.98 Å². The van der Waals surface area contributed by atoms with E-state index in [4.69, 9.17) is 11.0 Å². The van der Waals surface area contributed by atoms with Crippen LogP contribution in [0.1, 0.15) is 6.92 Å². The maximum atomic E-state index is 13.5. The minimum atomic E-state index is -4.66. The highest BCUT2D eigenvalue weighted by molar-refractivity contribution is 7.89. The highest BCUT2D eigenvalue weighted by Crippen LogP contribution is 2.17. The number of allylic oxidation sites excluding steroid dienone is 1. The predicted molar refractivity (Wildman–Crippen MR) is 80.0 cm³/mol. The summed E-state index contributed by atoms with van der Waals surface area (Å²) in [7, 11) is -4.66. The third-order valence-corrected chi connectivity index (χ3v) is 4.20. The molecule has 0 aliphatic heterocycles. The fourth-order valence-electron chi connectivity index (χ4n) is 1.61. The molecular formula is C14H13F2N3O5S. The van der Waals surface area contributed by atoms with Crippen LogP contribution in [0.25, 0.3) is 0 Å². The number of benzene rings is 1. The first-order chi connectivity index (χ1) is 11.6. The van der Waals surface area contributed by atoms with Gasteiger partial charge in [0, 0.05) is 5.70 Å². The first-order valence-corrected chi connectivity index (χ1v) is 8.07. The molecule has 0 unspecified atom stereocenters. The molecule has 0 aliphatic carbocycles. The number of hydrogen-bond acceptors (Lipinski definition) is 7. The summed E-state index contributed by atoms with van der Waals surface area (Å²) in [5.41, 5.74) is 4.82. The Kier molecular flexibility index (Phi) is 6.72. The average molecular weight is 373 g/mol. The van der Waals surface area contributed by atoms with Gasteiger partial charge in [0.15, 0.2) is 11.5 Å². The fraction of sp³-hybridized carbons (Fsp3) is 0.214. The normalized spacial score (nSPS) is 12.1. The van der Waals surface area contributed by atoms with E-state index in [1.54, 1.807) is 4.72 Å². The number of Topliss-reactive ketones (excluding diaryl/α,β-unsaturated/α-hetero) is 1. The topological polar surface area (TPSA) is 139 Å². The lowest BCUT2D eigenvalue weighted by Crippen LogP contribution is -2.32. The lowest BCUT2D eigenvalue weighted by molar-refractivity contribution is -0.145.